The van der Waals surface area contributed by atoms with Crippen LogP contribution in [0.25, 0.3) is 0 Å². The van der Waals surface area contributed by atoms with E-state index >= 15 is 0 Å². The van der Waals surface area contributed by atoms with E-state index < -0.39 is 0 Å². The average molecular weight is 348 g/mol. The predicted octanol–water partition coefficient (Wildman–Crippen LogP) is 4.31. The Hall–Kier alpha value is -0.970. The second kappa shape index (κ2) is 5.78. The molecular weight excluding hydrogens is 339 g/mol. The first-order chi connectivity index (χ1) is 8.58. The maximum atomic E-state index is 6.02. The van der Waals surface area contributed by atoms with Crippen LogP contribution in [0.1, 0.15) is 5.56 Å². The number of benzene rings is 1. The molecule has 0 spiro atoms. The predicted molar refractivity (Wildman–Crippen MR) is 77.1 cm³/mol. The van der Waals surface area contributed by atoms with Gasteiger partial charge in [0.1, 0.15) is 17.5 Å². The van der Waals surface area contributed by atoms with E-state index in [4.69, 9.17) is 33.7 Å². The zero-order chi connectivity index (χ0) is 13.1. The Bertz CT molecular complexity index is 558. The van der Waals surface area contributed by atoms with Gasteiger partial charge in [-0.05, 0) is 24.3 Å². The lowest BCUT2D eigenvalue weighted by atomic mass is 10.3. The minimum Gasteiger partial charge on any atom is -0.487 e. The summed E-state index contributed by atoms with van der Waals surface area (Å²) in [5.74, 6) is 0.578. The largest absolute Gasteiger partial charge is 0.487 e. The quantitative estimate of drug-likeness (QED) is 0.664. The number of pyridine rings is 1. The smallest absolute Gasteiger partial charge is 0.142 e. The molecule has 2 N–H and O–H groups in total. The summed E-state index contributed by atoms with van der Waals surface area (Å²) in [4.78, 5) is 3.95. The van der Waals surface area contributed by atoms with Gasteiger partial charge in [0, 0.05) is 16.2 Å². The third-order valence-electron chi connectivity index (χ3n) is 2.29. The highest BCUT2D eigenvalue weighted by atomic mass is 79.9. The number of rotatable bonds is 3. The Morgan fingerprint density at radius 2 is 2.06 bits per heavy atom. The summed E-state index contributed by atoms with van der Waals surface area (Å²) >= 11 is 15.3. The van der Waals surface area contributed by atoms with Gasteiger partial charge in [0.2, 0.25) is 0 Å². The van der Waals surface area contributed by atoms with Gasteiger partial charge < -0.3 is 10.5 Å². The fourth-order valence-electron chi connectivity index (χ4n) is 1.37. The van der Waals surface area contributed by atoms with Crippen molar-refractivity contribution in [1.82, 2.24) is 4.98 Å². The Morgan fingerprint density at radius 1 is 1.28 bits per heavy atom. The summed E-state index contributed by atoms with van der Waals surface area (Å²) in [6.07, 6.45) is 1.54. The lowest BCUT2D eigenvalue weighted by molar-refractivity contribution is 0.307. The zero-order valence-electron chi connectivity index (χ0n) is 9.16. The van der Waals surface area contributed by atoms with E-state index in [-0.39, 0.29) is 6.61 Å². The maximum absolute atomic E-state index is 6.02. The second-order valence-electron chi connectivity index (χ2n) is 3.53. The minimum absolute atomic E-state index is 0.220. The molecule has 2 aromatic rings. The molecule has 0 fully saturated rings. The molecule has 0 saturated carbocycles. The number of halogens is 3. The van der Waals surface area contributed by atoms with Gasteiger partial charge in [0.05, 0.1) is 10.7 Å². The highest BCUT2D eigenvalue weighted by molar-refractivity contribution is 9.10. The summed E-state index contributed by atoms with van der Waals surface area (Å²) in [6.45, 7) is 0.220. The average Bonchev–Trinajstić information content (AvgIpc) is 2.31. The number of hydrogen-bond acceptors (Lipinski definition) is 3. The van der Waals surface area contributed by atoms with E-state index in [1.165, 1.54) is 0 Å². The van der Waals surface area contributed by atoms with E-state index in [1.807, 2.05) is 6.07 Å². The molecule has 0 atom stereocenters. The molecule has 0 saturated heterocycles. The summed E-state index contributed by atoms with van der Waals surface area (Å²) in [5, 5.41) is 0.851. The summed E-state index contributed by atoms with van der Waals surface area (Å²) < 4.78 is 6.48. The zero-order valence-corrected chi connectivity index (χ0v) is 12.3. The Morgan fingerprint density at radius 3 is 2.72 bits per heavy atom. The molecule has 94 valence electrons. The molecule has 0 aliphatic heterocycles. The third-order valence-corrected chi connectivity index (χ3v) is 3.46. The van der Waals surface area contributed by atoms with Crippen molar-refractivity contribution in [2.24, 2.45) is 0 Å². The Balaban J connectivity index is 2.16. The summed E-state index contributed by atoms with van der Waals surface area (Å²) in [5.41, 5.74) is 7.01. The van der Waals surface area contributed by atoms with Crippen LogP contribution in [-0.2, 0) is 6.61 Å². The summed E-state index contributed by atoms with van der Waals surface area (Å²) in [6, 6.07) is 7.05. The maximum Gasteiger partial charge on any atom is 0.142 e. The topological polar surface area (TPSA) is 48.1 Å². The molecule has 1 aromatic carbocycles. The normalized spacial score (nSPS) is 10.4. The number of nitrogens with zero attached hydrogens (tertiary/aromatic N) is 1. The lowest BCUT2D eigenvalue weighted by Crippen LogP contribution is -2.01. The van der Waals surface area contributed by atoms with Crippen LogP contribution in [-0.4, -0.2) is 4.98 Å². The Kier molecular flexibility index (Phi) is 4.32. The van der Waals surface area contributed by atoms with Crippen LogP contribution in [0, 0.1) is 0 Å². The number of ether oxygens (including phenoxy) is 1. The fourth-order valence-corrected chi connectivity index (χ4v) is 2.21. The lowest BCUT2D eigenvalue weighted by Gasteiger charge is -2.10. The van der Waals surface area contributed by atoms with Gasteiger partial charge >= 0.3 is 0 Å². The van der Waals surface area contributed by atoms with E-state index in [9.17, 15) is 0 Å². The van der Waals surface area contributed by atoms with Crippen LogP contribution in [0.5, 0.6) is 5.75 Å². The molecule has 18 heavy (non-hydrogen) atoms. The van der Waals surface area contributed by atoms with Crippen molar-refractivity contribution in [3.63, 3.8) is 0 Å². The van der Waals surface area contributed by atoms with Crippen molar-refractivity contribution in [1.29, 1.82) is 0 Å². The first kappa shape index (κ1) is 13.5. The van der Waals surface area contributed by atoms with Gasteiger partial charge in [0.25, 0.3) is 0 Å². The van der Waals surface area contributed by atoms with E-state index in [0.717, 1.165) is 4.47 Å². The molecule has 1 heterocycles. The van der Waals surface area contributed by atoms with Crippen molar-refractivity contribution in [2.45, 2.75) is 6.61 Å². The van der Waals surface area contributed by atoms with E-state index in [0.29, 0.717) is 27.2 Å². The highest BCUT2D eigenvalue weighted by Gasteiger charge is 2.08. The van der Waals surface area contributed by atoms with Crippen molar-refractivity contribution in [3.8, 4) is 5.75 Å². The van der Waals surface area contributed by atoms with Gasteiger partial charge in [-0.3, -0.25) is 0 Å². The fraction of sp³-hybridized carbons (Fsp3) is 0.0833. The molecule has 3 nitrogen and oxygen atoms in total. The molecule has 0 aliphatic rings. The van der Waals surface area contributed by atoms with Crippen molar-refractivity contribution >= 4 is 44.8 Å². The van der Waals surface area contributed by atoms with Crippen LogP contribution < -0.4 is 10.5 Å². The van der Waals surface area contributed by atoms with Crippen LogP contribution in [0.3, 0.4) is 0 Å². The van der Waals surface area contributed by atoms with Gasteiger partial charge in [-0.2, -0.15) is 0 Å². The first-order valence-electron chi connectivity index (χ1n) is 5.04. The number of anilines is 1. The number of hydrogen-bond donors (Lipinski definition) is 1. The van der Waals surface area contributed by atoms with Gasteiger partial charge in [-0.15, -0.1) is 0 Å². The molecule has 6 heteroatoms. The molecule has 0 aliphatic carbocycles. The van der Waals surface area contributed by atoms with Crippen molar-refractivity contribution in [3.05, 3.63) is 50.7 Å². The number of nitrogens with two attached hydrogens (primary N) is 1. The molecule has 0 unspecified atom stereocenters. The summed E-state index contributed by atoms with van der Waals surface area (Å²) in [7, 11) is 0. The minimum atomic E-state index is 0.220. The van der Waals surface area contributed by atoms with Crippen molar-refractivity contribution in [2.75, 3.05) is 5.73 Å². The molecule has 1 aromatic heterocycles. The molecule has 0 radical (unpaired) electrons. The van der Waals surface area contributed by atoms with Gasteiger partial charge in [-0.1, -0.05) is 39.1 Å². The van der Waals surface area contributed by atoms with Crippen LogP contribution in [0.2, 0.25) is 10.2 Å². The van der Waals surface area contributed by atoms with Gasteiger partial charge in [0.15, 0.2) is 0 Å². The molecule has 0 bridgehead atoms. The Labute approximate surface area is 123 Å². The SMILES string of the molecule is Nc1cc(Br)ccc1OCc1c(Cl)ccnc1Cl. The highest BCUT2D eigenvalue weighted by Crippen LogP contribution is 2.28. The van der Waals surface area contributed by atoms with Crippen LogP contribution in [0.4, 0.5) is 5.69 Å². The van der Waals surface area contributed by atoms with Gasteiger partial charge in [-0.25, -0.2) is 4.98 Å². The number of aromatic nitrogens is 1. The molecule has 2 rings (SSSR count). The monoisotopic (exact) mass is 346 g/mol. The first-order valence-corrected chi connectivity index (χ1v) is 6.59. The van der Waals surface area contributed by atoms with Crippen molar-refractivity contribution < 1.29 is 4.74 Å². The molecular formula is C12H9BrCl2N2O. The van der Waals surface area contributed by atoms with Crippen LogP contribution >= 0.6 is 39.1 Å². The van der Waals surface area contributed by atoms with E-state index in [1.54, 1.807) is 24.4 Å². The van der Waals surface area contributed by atoms with E-state index in [2.05, 4.69) is 20.9 Å². The second-order valence-corrected chi connectivity index (χ2v) is 5.21. The standard InChI is InChI=1S/C12H9BrCl2N2O/c13-7-1-2-11(10(16)5-7)18-6-8-9(14)3-4-17-12(8)15/h1-5H,6,16H2. The molecule has 0 amide bonds. The van der Waals surface area contributed by atoms with Crippen LogP contribution in [0.15, 0.2) is 34.9 Å². The number of nitrogen functional groups attached to an aromatic ring is 1. The third kappa shape index (κ3) is 3.07.